The van der Waals surface area contributed by atoms with Crippen LogP contribution in [-0.4, -0.2) is 17.6 Å². The number of nitrogens with one attached hydrogen (secondary N) is 1. The van der Waals surface area contributed by atoms with Crippen molar-refractivity contribution in [2.45, 2.75) is 39.2 Å². The molecule has 0 saturated heterocycles. The Hall–Kier alpha value is -0.890. The molecule has 2 rings (SSSR count). The number of hydrogen-bond donors (Lipinski definition) is 1. The van der Waals surface area contributed by atoms with E-state index in [4.69, 9.17) is 0 Å². The Morgan fingerprint density at radius 2 is 2.00 bits per heavy atom. The highest BCUT2D eigenvalue weighted by Gasteiger charge is 2.27. The van der Waals surface area contributed by atoms with E-state index >= 15 is 0 Å². The second kappa shape index (κ2) is 5.44. The molecule has 1 aromatic heterocycles. The van der Waals surface area contributed by atoms with Gasteiger partial charge in [0.15, 0.2) is 0 Å². The largest absolute Gasteiger partial charge is 0.314 e. The van der Waals surface area contributed by atoms with Crippen molar-refractivity contribution in [3.8, 4) is 0 Å². The van der Waals surface area contributed by atoms with E-state index < -0.39 is 0 Å². The van der Waals surface area contributed by atoms with Gasteiger partial charge in [-0.15, -0.1) is 0 Å². The third-order valence-electron chi connectivity index (χ3n) is 3.51. The van der Waals surface area contributed by atoms with Crippen molar-refractivity contribution in [3.63, 3.8) is 0 Å². The maximum Gasteiger partial charge on any atom is 0.0270 e. The van der Waals surface area contributed by atoms with E-state index in [0.717, 1.165) is 24.8 Å². The number of rotatable bonds is 6. The molecule has 1 fully saturated rings. The first-order chi connectivity index (χ1) is 7.75. The van der Waals surface area contributed by atoms with Crippen molar-refractivity contribution in [3.05, 3.63) is 30.1 Å². The highest BCUT2D eigenvalue weighted by molar-refractivity contribution is 5.10. The molecule has 0 bridgehead atoms. The maximum atomic E-state index is 4.04. The van der Waals surface area contributed by atoms with Crippen LogP contribution in [0, 0.1) is 11.8 Å². The van der Waals surface area contributed by atoms with Gasteiger partial charge >= 0.3 is 0 Å². The van der Waals surface area contributed by atoms with Crippen molar-refractivity contribution in [1.82, 2.24) is 10.3 Å². The highest BCUT2D eigenvalue weighted by atomic mass is 14.9. The Balaban J connectivity index is 1.69. The molecule has 1 aliphatic rings. The summed E-state index contributed by atoms with van der Waals surface area (Å²) in [4.78, 5) is 4.04. The minimum Gasteiger partial charge on any atom is -0.314 e. The van der Waals surface area contributed by atoms with Gasteiger partial charge in [0.2, 0.25) is 0 Å². The van der Waals surface area contributed by atoms with Gasteiger partial charge in [-0.2, -0.15) is 0 Å². The SMILES string of the molecule is CC(Cc1ccncc1)NCC(C)C1CC1. The summed E-state index contributed by atoms with van der Waals surface area (Å²) in [6.45, 7) is 5.79. The van der Waals surface area contributed by atoms with Gasteiger partial charge in [-0.3, -0.25) is 4.98 Å². The highest BCUT2D eigenvalue weighted by Crippen LogP contribution is 2.36. The molecule has 1 N–H and O–H groups in total. The Bertz CT molecular complexity index is 306. The minimum atomic E-state index is 0.559. The second-order valence-corrected chi connectivity index (χ2v) is 5.18. The van der Waals surface area contributed by atoms with Crippen molar-refractivity contribution in [2.75, 3.05) is 6.54 Å². The summed E-state index contributed by atoms with van der Waals surface area (Å²) >= 11 is 0. The summed E-state index contributed by atoms with van der Waals surface area (Å²) in [5, 5.41) is 3.63. The molecule has 0 aliphatic heterocycles. The van der Waals surface area contributed by atoms with Gasteiger partial charge in [-0.05, 0) is 62.3 Å². The first-order valence-corrected chi connectivity index (χ1v) is 6.38. The van der Waals surface area contributed by atoms with Gasteiger partial charge in [-0.25, -0.2) is 0 Å². The number of pyridine rings is 1. The van der Waals surface area contributed by atoms with Gasteiger partial charge in [0.25, 0.3) is 0 Å². The lowest BCUT2D eigenvalue weighted by Gasteiger charge is -2.17. The first kappa shape index (κ1) is 11.6. The standard InChI is InChI=1S/C14H22N2/c1-11(14-3-4-14)10-16-12(2)9-13-5-7-15-8-6-13/h5-8,11-12,14,16H,3-4,9-10H2,1-2H3. The van der Waals surface area contributed by atoms with Gasteiger partial charge in [0, 0.05) is 18.4 Å². The topological polar surface area (TPSA) is 24.9 Å². The van der Waals surface area contributed by atoms with Gasteiger partial charge < -0.3 is 5.32 Å². The molecule has 0 spiro atoms. The third-order valence-corrected chi connectivity index (χ3v) is 3.51. The molecule has 1 saturated carbocycles. The van der Waals surface area contributed by atoms with Crippen LogP contribution < -0.4 is 5.32 Å². The molecule has 2 atom stereocenters. The van der Waals surface area contributed by atoms with Crippen LogP contribution in [-0.2, 0) is 6.42 Å². The molecule has 1 aromatic rings. The zero-order valence-corrected chi connectivity index (χ0v) is 10.3. The molecule has 1 heterocycles. The fraction of sp³-hybridized carbons (Fsp3) is 0.643. The molecular formula is C14H22N2. The molecular weight excluding hydrogens is 196 g/mol. The van der Waals surface area contributed by atoms with Crippen molar-refractivity contribution in [1.29, 1.82) is 0 Å². The van der Waals surface area contributed by atoms with Crippen LogP contribution in [0.25, 0.3) is 0 Å². The Labute approximate surface area is 98.5 Å². The lowest BCUT2D eigenvalue weighted by Crippen LogP contribution is -2.32. The van der Waals surface area contributed by atoms with Crippen LogP contribution in [0.4, 0.5) is 0 Å². The summed E-state index contributed by atoms with van der Waals surface area (Å²) in [5.41, 5.74) is 1.37. The average Bonchev–Trinajstić information content (AvgIpc) is 3.11. The van der Waals surface area contributed by atoms with Crippen LogP contribution in [0.1, 0.15) is 32.3 Å². The summed E-state index contributed by atoms with van der Waals surface area (Å²) < 4.78 is 0. The van der Waals surface area contributed by atoms with Crippen LogP contribution in [0.15, 0.2) is 24.5 Å². The van der Waals surface area contributed by atoms with E-state index in [-0.39, 0.29) is 0 Å². The monoisotopic (exact) mass is 218 g/mol. The summed E-state index contributed by atoms with van der Waals surface area (Å²) in [6, 6.07) is 4.76. The van der Waals surface area contributed by atoms with E-state index in [1.54, 1.807) is 0 Å². The van der Waals surface area contributed by atoms with Crippen LogP contribution in [0.5, 0.6) is 0 Å². The maximum absolute atomic E-state index is 4.04. The van der Waals surface area contributed by atoms with E-state index in [2.05, 4.69) is 36.3 Å². The molecule has 0 radical (unpaired) electrons. The molecule has 0 aromatic carbocycles. The smallest absolute Gasteiger partial charge is 0.0270 e. The first-order valence-electron chi connectivity index (χ1n) is 6.38. The molecule has 16 heavy (non-hydrogen) atoms. The number of aromatic nitrogens is 1. The summed E-state index contributed by atoms with van der Waals surface area (Å²) in [6.07, 6.45) is 7.73. The lowest BCUT2D eigenvalue weighted by atomic mass is 10.0. The van der Waals surface area contributed by atoms with Crippen molar-refractivity contribution >= 4 is 0 Å². The van der Waals surface area contributed by atoms with E-state index in [1.807, 2.05) is 12.4 Å². The quantitative estimate of drug-likeness (QED) is 0.794. The van der Waals surface area contributed by atoms with E-state index in [1.165, 1.54) is 18.4 Å². The van der Waals surface area contributed by atoms with Gasteiger partial charge in [-0.1, -0.05) is 6.92 Å². The second-order valence-electron chi connectivity index (χ2n) is 5.18. The molecule has 88 valence electrons. The predicted octanol–water partition coefficient (Wildman–Crippen LogP) is 2.65. The normalized spacial score (nSPS) is 19.4. The molecule has 2 unspecified atom stereocenters. The average molecular weight is 218 g/mol. The molecule has 2 nitrogen and oxygen atoms in total. The van der Waals surface area contributed by atoms with Crippen molar-refractivity contribution in [2.24, 2.45) is 11.8 Å². The zero-order chi connectivity index (χ0) is 11.4. The molecule has 1 aliphatic carbocycles. The van der Waals surface area contributed by atoms with Crippen LogP contribution >= 0.6 is 0 Å². The predicted molar refractivity (Wildman–Crippen MR) is 67.3 cm³/mol. The fourth-order valence-corrected chi connectivity index (χ4v) is 2.16. The van der Waals surface area contributed by atoms with E-state index in [0.29, 0.717) is 6.04 Å². The lowest BCUT2D eigenvalue weighted by molar-refractivity contribution is 0.425. The van der Waals surface area contributed by atoms with E-state index in [9.17, 15) is 0 Å². The Morgan fingerprint density at radius 3 is 2.62 bits per heavy atom. The Kier molecular flexibility index (Phi) is 3.94. The summed E-state index contributed by atoms with van der Waals surface area (Å²) in [7, 11) is 0. The van der Waals surface area contributed by atoms with Gasteiger partial charge in [0.05, 0.1) is 0 Å². The number of nitrogens with zero attached hydrogens (tertiary/aromatic N) is 1. The molecule has 0 amide bonds. The molecule has 2 heteroatoms. The van der Waals surface area contributed by atoms with Crippen molar-refractivity contribution < 1.29 is 0 Å². The minimum absolute atomic E-state index is 0.559. The summed E-state index contributed by atoms with van der Waals surface area (Å²) in [5.74, 6) is 1.85. The van der Waals surface area contributed by atoms with Crippen LogP contribution in [0.2, 0.25) is 0 Å². The van der Waals surface area contributed by atoms with Gasteiger partial charge in [0.1, 0.15) is 0 Å². The van der Waals surface area contributed by atoms with Crippen LogP contribution in [0.3, 0.4) is 0 Å². The third kappa shape index (κ3) is 3.60. The Morgan fingerprint density at radius 1 is 1.31 bits per heavy atom. The fourth-order valence-electron chi connectivity index (χ4n) is 2.16. The number of hydrogen-bond acceptors (Lipinski definition) is 2. The zero-order valence-electron chi connectivity index (χ0n) is 10.3.